The number of ether oxygens (including phenoxy) is 3. The van der Waals surface area contributed by atoms with Crippen LogP contribution < -0.4 is 62.3 Å². The van der Waals surface area contributed by atoms with Crippen LogP contribution in [0, 0.1) is 41.5 Å². The Balaban J connectivity index is 1.42. The number of carbonyl (C=O) groups is 8. The molecule has 2 aromatic rings. The van der Waals surface area contributed by atoms with E-state index in [1.54, 1.807) is 62.3 Å². The minimum absolute atomic E-state index is 0.0163. The van der Waals surface area contributed by atoms with Gasteiger partial charge in [0.1, 0.15) is 64.6 Å². The number of aliphatic carboxylic acids is 1. The molecular formula is C57H88N12O16S2. The standard InChI is InChI=1S/C57H88N12O16S2/c1-27-29(3)45(31(5)37-25-56(14,15)84-43(27)37)86(79,80)68-53(58)60-22-18-20-39(65-36(10)70)49(74)62-34(8)48(73)67-41(24-42(71)83-55(11,12)13)51(76)63-33(7)47(72)66-40(50(75)64-35(9)52(77)78)21-19-23-61-54(59)69-87(81,82)46-30(4)28(2)44-38(32(46)6)26-57(16,17)85-44/h33-35,39-41H,18-26H2,1-17H3,(H,62,74)(H,63,76)(H,64,75)(H,65,70)(H,66,72)(H,67,73)(H,77,78)(H3,58,60,68)(H3,59,61,69)/t33-,34-,35-,39-,40-,41-/m0/s1. The lowest BCUT2D eigenvalue weighted by molar-refractivity contribution is -0.156. The molecule has 6 atom stereocenters. The van der Waals surface area contributed by atoms with Gasteiger partial charge in [0.25, 0.3) is 20.0 Å². The summed E-state index contributed by atoms with van der Waals surface area (Å²) in [6, 6.07) is -8.73. The predicted molar refractivity (Wildman–Crippen MR) is 323 cm³/mol. The van der Waals surface area contributed by atoms with Crippen LogP contribution in [0.2, 0.25) is 0 Å². The van der Waals surface area contributed by atoms with Crippen molar-refractivity contribution in [3.63, 3.8) is 0 Å². The van der Waals surface area contributed by atoms with Crippen LogP contribution in [0.15, 0.2) is 19.8 Å². The molecule has 6 amide bonds. The van der Waals surface area contributed by atoms with E-state index in [1.165, 1.54) is 20.8 Å². The topological polar surface area (TPSA) is 426 Å². The van der Waals surface area contributed by atoms with Crippen LogP contribution in [0.5, 0.6) is 11.5 Å². The van der Waals surface area contributed by atoms with Crippen LogP contribution in [0.1, 0.15) is 153 Å². The minimum atomic E-state index is -4.26. The molecule has 30 heteroatoms. The molecule has 0 fully saturated rings. The van der Waals surface area contributed by atoms with Crippen molar-refractivity contribution in [1.82, 2.24) is 41.3 Å². The number of nitrogens with two attached hydrogens (primary N) is 2. The summed E-state index contributed by atoms with van der Waals surface area (Å²) in [4.78, 5) is 114. The molecule has 0 spiro atoms. The van der Waals surface area contributed by atoms with Crippen molar-refractivity contribution in [1.29, 1.82) is 0 Å². The highest BCUT2D eigenvalue weighted by Gasteiger charge is 2.39. The van der Waals surface area contributed by atoms with Gasteiger partial charge in [0.05, 0.1) is 16.2 Å². The van der Waals surface area contributed by atoms with E-state index in [0.717, 1.165) is 18.1 Å². The number of carboxylic acids is 1. The molecule has 13 N–H and O–H groups in total. The van der Waals surface area contributed by atoms with Crippen LogP contribution in [-0.2, 0) is 76.0 Å². The quantitative estimate of drug-likeness (QED) is 0.0273. The van der Waals surface area contributed by atoms with Crippen LogP contribution in [0.25, 0.3) is 0 Å². The Morgan fingerprint density at radius 2 is 0.920 bits per heavy atom. The third kappa shape index (κ3) is 19.4. The summed E-state index contributed by atoms with van der Waals surface area (Å²) in [5, 5.41) is 24.0. The van der Waals surface area contributed by atoms with Crippen molar-refractivity contribution in [2.75, 3.05) is 13.1 Å². The van der Waals surface area contributed by atoms with Gasteiger partial charge < -0.3 is 62.7 Å². The van der Waals surface area contributed by atoms with Gasteiger partial charge in [0.2, 0.25) is 47.4 Å². The number of carboxylic acid groups (broad SMARTS) is 1. The molecule has 4 rings (SSSR count). The number of hydrogen-bond donors (Lipinski definition) is 11. The number of nitrogens with one attached hydrogen (secondary N) is 8. The second-order valence-electron chi connectivity index (χ2n) is 24.3. The van der Waals surface area contributed by atoms with E-state index in [1.807, 2.05) is 27.7 Å². The first kappa shape index (κ1) is 71.7. The number of benzene rings is 2. The molecule has 2 aliphatic heterocycles. The number of fused-ring (bicyclic) bond motifs is 2. The van der Waals surface area contributed by atoms with Gasteiger partial charge in [0.15, 0.2) is 0 Å². The molecule has 87 heavy (non-hydrogen) atoms. The van der Waals surface area contributed by atoms with Crippen molar-refractivity contribution in [3.8, 4) is 11.5 Å². The van der Waals surface area contributed by atoms with Crippen molar-refractivity contribution in [2.24, 2.45) is 21.5 Å². The summed E-state index contributed by atoms with van der Waals surface area (Å²) in [5.41, 5.74) is 14.8. The summed E-state index contributed by atoms with van der Waals surface area (Å²) in [6.45, 7) is 27.1. The molecule has 484 valence electrons. The first-order valence-corrected chi connectivity index (χ1v) is 31.4. The second kappa shape index (κ2) is 28.4. The van der Waals surface area contributed by atoms with Gasteiger partial charge in [0, 0.05) is 44.0 Å². The highest BCUT2D eigenvalue weighted by Crippen LogP contribution is 2.45. The summed E-state index contributed by atoms with van der Waals surface area (Å²) in [5.74, 6) is -7.35. The van der Waals surface area contributed by atoms with Gasteiger partial charge in [-0.2, -0.15) is 0 Å². The number of carbonyl (C=O) groups excluding carboxylic acids is 7. The largest absolute Gasteiger partial charge is 0.487 e. The first-order valence-electron chi connectivity index (χ1n) is 28.4. The lowest BCUT2D eigenvalue weighted by Gasteiger charge is -2.26. The van der Waals surface area contributed by atoms with Crippen LogP contribution in [-0.4, -0.2) is 147 Å². The Bertz CT molecular complexity index is 3340. The Labute approximate surface area is 509 Å². The summed E-state index contributed by atoms with van der Waals surface area (Å²) < 4.78 is 77.1. The zero-order valence-corrected chi connectivity index (χ0v) is 54.4. The SMILES string of the molecule is CC(=O)N[C@@H](CCCN=C(N)NS(=O)(=O)c1c(C)c(C)c2c(c1C)CC(C)(C)O2)C(=O)N[C@@H](C)C(=O)N[C@@H](CC(=O)OC(C)(C)C)C(=O)N[C@@H](C)C(=O)N[C@@H](CCCN=C(N)NS(=O)(=O)c1c(C)c(C)c2c(c1C)CC(C)(C)O2)C(=O)N[C@@H](C)C(=O)O. The fourth-order valence-electron chi connectivity index (χ4n) is 10.00. The summed E-state index contributed by atoms with van der Waals surface area (Å²) in [6.07, 6.45) is 0.0153. The molecule has 28 nitrogen and oxygen atoms in total. The Morgan fingerprint density at radius 1 is 0.563 bits per heavy atom. The third-order valence-corrected chi connectivity index (χ3v) is 17.7. The number of amides is 6. The van der Waals surface area contributed by atoms with E-state index in [-0.39, 0.29) is 48.6 Å². The molecule has 0 unspecified atom stereocenters. The van der Waals surface area contributed by atoms with E-state index in [4.69, 9.17) is 25.7 Å². The number of rotatable bonds is 26. The van der Waals surface area contributed by atoms with E-state index >= 15 is 0 Å². The van der Waals surface area contributed by atoms with Crippen LogP contribution >= 0.6 is 0 Å². The van der Waals surface area contributed by atoms with Gasteiger partial charge in [-0.05, 0) is 170 Å². The third-order valence-electron chi connectivity index (χ3n) is 14.4. The van der Waals surface area contributed by atoms with Gasteiger partial charge >= 0.3 is 11.9 Å². The maximum atomic E-state index is 13.9. The van der Waals surface area contributed by atoms with Gasteiger partial charge in [-0.3, -0.25) is 48.3 Å². The number of esters is 1. The predicted octanol–water partition coefficient (Wildman–Crippen LogP) is 1.22. The van der Waals surface area contributed by atoms with Crippen molar-refractivity contribution in [2.45, 2.75) is 225 Å². The monoisotopic (exact) mass is 1260 g/mol. The van der Waals surface area contributed by atoms with E-state index < -0.39 is 139 Å². The molecule has 0 saturated carbocycles. The Morgan fingerprint density at radius 3 is 1.29 bits per heavy atom. The minimum Gasteiger partial charge on any atom is -0.487 e. The second-order valence-corrected chi connectivity index (χ2v) is 27.6. The van der Waals surface area contributed by atoms with Crippen molar-refractivity contribution < 1.29 is 74.5 Å². The number of hydrogen-bond acceptors (Lipinski definition) is 17. The van der Waals surface area contributed by atoms with Crippen LogP contribution in [0.3, 0.4) is 0 Å². The zero-order valence-electron chi connectivity index (χ0n) is 52.8. The molecule has 2 heterocycles. The van der Waals surface area contributed by atoms with E-state index in [9.17, 15) is 60.3 Å². The highest BCUT2D eigenvalue weighted by atomic mass is 32.2. The normalized spacial score (nSPS) is 16.6. The van der Waals surface area contributed by atoms with Crippen molar-refractivity contribution >= 4 is 79.3 Å². The molecule has 0 saturated heterocycles. The lowest BCUT2D eigenvalue weighted by Crippen LogP contribution is -2.59. The summed E-state index contributed by atoms with van der Waals surface area (Å²) >= 11 is 0. The molecule has 2 aromatic carbocycles. The molecule has 0 aromatic heterocycles. The highest BCUT2D eigenvalue weighted by molar-refractivity contribution is 7.90. The fourth-order valence-corrected chi connectivity index (χ4v) is 13.0. The number of guanidine groups is 2. The van der Waals surface area contributed by atoms with Gasteiger partial charge in [-0.25, -0.2) is 26.3 Å². The number of nitrogens with zero attached hydrogens (tertiary/aromatic N) is 2. The first-order chi connectivity index (χ1) is 39.9. The Kier molecular flexibility index (Phi) is 23.4. The number of aliphatic imine (C=N–C) groups is 2. The average Bonchev–Trinajstić information content (AvgIpc) is 1.71. The molecule has 0 radical (unpaired) electrons. The molecule has 0 aliphatic carbocycles. The zero-order chi connectivity index (χ0) is 66.2. The molecule has 2 aliphatic rings. The van der Waals surface area contributed by atoms with Crippen LogP contribution in [0.4, 0.5) is 0 Å². The van der Waals surface area contributed by atoms with Crippen molar-refractivity contribution in [3.05, 3.63) is 44.5 Å². The Hall–Kier alpha value is -7.76. The maximum Gasteiger partial charge on any atom is 0.325 e. The fraction of sp³-hybridized carbons (Fsp3) is 0.614. The van der Waals surface area contributed by atoms with Gasteiger partial charge in [-0.1, -0.05) is 0 Å². The smallest absolute Gasteiger partial charge is 0.325 e. The average molecular weight is 1260 g/mol. The summed E-state index contributed by atoms with van der Waals surface area (Å²) in [7, 11) is -8.48. The number of sulfonamides is 2. The van der Waals surface area contributed by atoms with E-state index in [2.05, 4.69) is 51.3 Å². The lowest BCUT2D eigenvalue weighted by atomic mass is 9.94. The molecule has 0 bridgehead atoms. The van der Waals surface area contributed by atoms with E-state index in [0.29, 0.717) is 57.7 Å². The van der Waals surface area contributed by atoms with Gasteiger partial charge in [-0.15, -0.1) is 0 Å². The molecular weight excluding hydrogens is 1170 g/mol. The maximum absolute atomic E-state index is 13.9.